The lowest BCUT2D eigenvalue weighted by Crippen LogP contribution is -2.50. The largest absolute Gasteiger partial charge is 0.317 e. The van der Waals surface area contributed by atoms with Crippen molar-refractivity contribution in [2.24, 2.45) is 22.2 Å². The highest BCUT2D eigenvalue weighted by Gasteiger charge is 2.42. The minimum atomic E-state index is -0.578. The molecule has 3 aliphatic rings. The van der Waals surface area contributed by atoms with Crippen molar-refractivity contribution in [1.82, 2.24) is 4.98 Å². The lowest BCUT2D eigenvalue weighted by Gasteiger charge is -2.28. The molecule has 1 N–H and O–H groups in total. The summed E-state index contributed by atoms with van der Waals surface area (Å²) >= 11 is 19.3. The van der Waals surface area contributed by atoms with Gasteiger partial charge in [-0.15, -0.1) is 16.3 Å². The van der Waals surface area contributed by atoms with Crippen LogP contribution < -0.4 is 19.4 Å². The van der Waals surface area contributed by atoms with Gasteiger partial charge in [0.15, 0.2) is 17.3 Å². The van der Waals surface area contributed by atoms with Gasteiger partial charge in [-0.3, -0.25) is 14.4 Å². The first-order chi connectivity index (χ1) is 17.3. The number of fused-ring (bicyclic) bond motifs is 4. The number of allylic oxidation sites excluding steroid dienone is 4. The first-order valence-corrected chi connectivity index (χ1v) is 12.2. The van der Waals surface area contributed by atoms with Crippen LogP contribution in [0.5, 0.6) is 0 Å². The number of pyridine rings is 1. The summed E-state index contributed by atoms with van der Waals surface area (Å²) in [5.41, 5.74) is 1.19. The van der Waals surface area contributed by atoms with Crippen molar-refractivity contribution in [3.63, 3.8) is 0 Å². The summed E-state index contributed by atoms with van der Waals surface area (Å²) in [6.45, 7) is 1.93. The van der Waals surface area contributed by atoms with Crippen molar-refractivity contribution in [2.75, 3.05) is 11.1 Å². The molecule has 0 bridgehead atoms. The van der Waals surface area contributed by atoms with Crippen LogP contribution >= 0.6 is 35.0 Å². The van der Waals surface area contributed by atoms with E-state index < -0.39 is 22.8 Å². The van der Waals surface area contributed by atoms with Gasteiger partial charge in [0.1, 0.15) is 22.3 Å². The predicted octanol–water partition coefficient (Wildman–Crippen LogP) is 3.73. The number of alkyl halides is 1. The van der Waals surface area contributed by atoms with Crippen molar-refractivity contribution in [3.05, 3.63) is 86.7 Å². The van der Waals surface area contributed by atoms with E-state index in [1.54, 1.807) is 60.3 Å². The zero-order chi connectivity index (χ0) is 25.3. The van der Waals surface area contributed by atoms with Crippen LogP contribution in [-0.4, -0.2) is 23.1 Å². The molecule has 2 aliphatic carbocycles. The smallest absolute Gasteiger partial charge is 0.293 e. The highest BCUT2D eigenvalue weighted by molar-refractivity contribution is 6.37. The maximum Gasteiger partial charge on any atom is 0.317 e. The fraction of sp³-hybridized carbons (Fsp3) is 0.208. The fourth-order valence-electron chi connectivity index (χ4n) is 4.95. The van der Waals surface area contributed by atoms with Gasteiger partial charge in [-0.05, 0) is 6.07 Å². The number of H-pyrrole nitrogens is 1. The molecule has 3 aromatic rings. The molecule has 0 radical (unpaired) electrons. The van der Waals surface area contributed by atoms with E-state index in [-0.39, 0.29) is 39.8 Å². The quantitative estimate of drug-likeness (QED) is 0.230. The van der Waals surface area contributed by atoms with Crippen LogP contribution in [-0.2, 0) is 0 Å². The van der Waals surface area contributed by atoms with Crippen molar-refractivity contribution in [2.45, 2.75) is 12.3 Å². The van der Waals surface area contributed by atoms with Crippen molar-refractivity contribution >= 4 is 63.1 Å². The van der Waals surface area contributed by atoms with Crippen LogP contribution in [0, 0.1) is 18.8 Å². The average Bonchev–Trinajstić information content (AvgIpc) is 3.15. The second-order valence-corrected chi connectivity index (χ2v) is 10.0. The standard InChI is InChI=1S/C24H16Cl3N6O3/c1-11-28-24(36)19-17(10-31-21(20(19)26)15(25)9-32(31)27)33(11)30-29-16-8-4-7-14-18(16)23(35)13-6-3-2-5-12(13)22(14)34/h2-8,10,12-13,15H,9H2,1H3/q+1/p+1/t12-,13-,15-/m1/s1. The number of carbonyl (C=O) groups is 2. The van der Waals surface area contributed by atoms with Gasteiger partial charge >= 0.3 is 5.56 Å². The van der Waals surface area contributed by atoms with Gasteiger partial charge in [-0.25, -0.2) is 4.98 Å². The molecule has 2 aromatic heterocycles. The fourth-order valence-corrected chi connectivity index (χ4v) is 6.08. The lowest BCUT2D eigenvalue weighted by molar-refractivity contribution is -0.694. The number of hydrogen-bond acceptors (Lipinski definition) is 6. The Labute approximate surface area is 219 Å². The van der Waals surface area contributed by atoms with E-state index in [1.807, 2.05) is 0 Å². The lowest BCUT2D eigenvalue weighted by atomic mass is 9.72. The van der Waals surface area contributed by atoms with Gasteiger partial charge < -0.3 is 0 Å². The highest BCUT2D eigenvalue weighted by atomic mass is 35.5. The summed E-state index contributed by atoms with van der Waals surface area (Å²) in [5.74, 6) is -1.07. The molecule has 9 nitrogen and oxygen atoms in total. The molecule has 12 heteroatoms. The molecule has 1 aliphatic heterocycles. The normalized spacial score (nSPS) is 22.4. The highest BCUT2D eigenvalue weighted by Crippen LogP contribution is 2.38. The van der Waals surface area contributed by atoms with Crippen molar-refractivity contribution in [1.29, 1.82) is 0 Å². The molecule has 3 heterocycles. The Bertz CT molecular complexity index is 1660. The van der Waals surface area contributed by atoms with E-state index in [9.17, 15) is 14.4 Å². The van der Waals surface area contributed by atoms with Gasteiger partial charge in [0, 0.05) is 17.6 Å². The van der Waals surface area contributed by atoms with Gasteiger partial charge in [-0.1, -0.05) is 57.2 Å². The van der Waals surface area contributed by atoms with Crippen LogP contribution in [0.1, 0.15) is 37.6 Å². The first-order valence-electron chi connectivity index (χ1n) is 11.1. The zero-order valence-corrected chi connectivity index (χ0v) is 20.9. The van der Waals surface area contributed by atoms with Gasteiger partial charge in [0.05, 0.1) is 34.4 Å². The summed E-state index contributed by atoms with van der Waals surface area (Å²) in [6, 6.07) is 4.91. The molecule has 0 unspecified atom stereocenters. The molecule has 0 saturated heterocycles. The number of aryl methyl sites for hydroxylation is 1. The van der Waals surface area contributed by atoms with E-state index >= 15 is 0 Å². The maximum atomic E-state index is 13.3. The second-order valence-electron chi connectivity index (χ2n) is 8.71. The summed E-state index contributed by atoms with van der Waals surface area (Å²) in [5, 5.41) is 8.49. The number of hydrogen-bond donors (Lipinski definition) is 1. The van der Waals surface area contributed by atoms with E-state index in [0.29, 0.717) is 22.6 Å². The van der Waals surface area contributed by atoms with Gasteiger partial charge in [0.2, 0.25) is 17.5 Å². The van der Waals surface area contributed by atoms with Crippen LogP contribution in [0.4, 0.5) is 5.69 Å². The van der Waals surface area contributed by atoms with E-state index in [0.717, 1.165) is 0 Å². The Balaban J connectivity index is 1.53. The Hall–Kier alpha value is -3.40. The minimum absolute atomic E-state index is 0.137. The third kappa shape index (κ3) is 3.27. The molecular weight excluding hydrogens is 527 g/mol. The van der Waals surface area contributed by atoms with Crippen LogP contribution in [0.25, 0.3) is 10.9 Å². The number of benzene rings is 1. The Morgan fingerprint density at radius 3 is 2.58 bits per heavy atom. The number of aromatic nitrogens is 3. The zero-order valence-electron chi connectivity index (χ0n) is 18.7. The average molecular weight is 544 g/mol. The predicted molar refractivity (Wildman–Crippen MR) is 133 cm³/mol. The molecule has 0 amide bonds. The van der Waals surface area contributed by atoms with Crippen LogP contribution in [0.15, 0.2) is 63.8 Å². The maximum absolute atomic E-state index is 13.3. The molecule has 180 valence electrons. The van der Waals surface area contributed by atoms with Gasteiger partial charge in [0.25, 0.3) is 5.69 Å². The third-order valence-electron chi connectivity index (χ3n) is 6.64. The third-order valence-corrected chi connectivity index (χ3v) is 7.67. The number of aromatic amines is 1. The van der Waals surface area contributed by atoms with E-state index in [4.69, 9.17) is 35.0 Å². The van der Waals surface area contributed by atoms with E-state index in [1.165, 1.54) is 9.20 Å². The minimum Gasteiger partial charge on any atom is -0.293 e. The van der Waals surface area contributed by atoms with Crippen molar-refractivity contribution < 1.29 is 18.9 Å². The van der Waals surface area contributed by atoms with Crippen LogP contribution in [0.3, 0.4) is 0 Å². The number of ketones is 2. The van der Waals surface area contributed by atoms with Gasteiger partial charge in [-0.2, -0.15) is 0 Å². The molecule has 36 heavy (non-hydrogen) atoms. The summed E-state index contributed by atoms with van der Waals surface area (Å²) in [4.78, 5) is 42.0. The number of rotatable bonds is 2. The number of carbonyl (C=O) groups excluding carboxylic acids is 2. The summed E-state index contributed by atoms with van der Waals surface area (Å²) in [6.07, 6.45) is 8.62. The number of nitrogens with zero attached hydrogens (tertiary/aromatic N) is 5. The molecule has 1 aromatic carbocycles. The Morgan fingerprint density at radius 1 is 1.11 bits per heavy atom. The number of nitrogens with one attached hydrogen (secondary N) is 1. The van der Waals surface area contributed by atoms with E-state index in [2.05, 4.69) is 15.3 Å². The summed E-state index contributed by atoms with van der Waals surface area (Å²) in [7, 11) is 0. The topological polar surface area (TPSA) is 103 Å². The Morgan fingerprint density at radius 2 is 1.83 bits per heavy atom. The molecule has 0 saturated carbocycles. The first kappa shape index (κ1) is 23.0. The molecular formula is C24H17Cl3N6O3+2. The SMILES string of the molecule is Cc1[nH]c(=O)c2c(Cl)c3[n+](cc2[n+]1N=Nc1cccc2c1C(=O)[C@@H]1C=CC=C[C@H]1C2=O)N(Cl)C[C@H]3Cl. The molecule has 6 rings (SSSR count). The molecule has 0 spiro atoms. The molecule has 0 fully saturated rings. The second kappa shape index (κ2) is 8.33. The molecule has 3 atom stereocenters. The Kier molecular flexibility index (Phi) is 5.33. The summed E-state index contributed by atoms with van der Waals surface area (Å²) < 4.78 is 4.31. The number of halogens is 3. The van der Waals surface area contributed by atoms with Crippen molar-refractivity contribution in [3.8, 4) is 0 Å². The monoisotopic (exact) mass is 542 g/mol. The van der Waals surface area contributed by atoms with Crippen LogP contribution in [0.2, 0.25) is 5.02 Å². The number of Topliss-reactive ketones (excluding diaryl/α,β-unsaturated/α-hetero) is 2.